The van der Waals surface area contributed by atoms with Gasteiger partial charge in [-0.15, -0.1) is 0 Å². The minimum Gasteiger partial charge on any atom is -0.378 e. The van der Waals surface area contributed by atoms with Crippen molar-refractivity contribution in [3.63, 3.8) is 0 Å². The van der Waals surface area contributed by atoms with Gasteiger partial charge in [0.05, 0.1) is 6.10 Å². The summed E-state index contributed by atoms with van der Waals surface area (Å²) in [6.07, 6.45) is 28.1. The molecule has 29 heavy (non-hydrogen) atoms. The summed E-state index contributed by atoms with van der Waals surface area (Å²) < 4.78 is 18.4. The molecule has 1 aliphatic heterocycles. The van der Waals surface area contributed by atoms with Crippen molar-refractivity contribution < 1.29 is 8.95 Å². The standard InChI is InChI=1S/C26H52O2S/c1-2-3-4-18-23-28-26-21-16-12-8-6-5-7-10-14-19-24-29(27)25-20-15-11-9-13-17-22-26/h26H,2-25H2,1H3. The van der Waals surface area contributed by atoms with Crippen LogP contribution < -0.4 is 0 Å². The van der Waals surface area contributed by atoms with E-state index in [4.69, 9.17) is 4.74 Å². The molecule has 1 heterocycles. The van der Waals surface area contributed by atoms with Crippen LogP contribution in [0.3, 0.4) is 0 Å². The van der Waals surface area contributed by atoms with Crippen molar-refractivity contribution in [3.8, 4) is 0 Å². The third-order valence-corrected chi connectivity index (χ3v) is 7.89. The van der Waals surface area contributed by atoms with Crippen LogP contribution in [-0.4, -0.2) is 28.4 Å². The molecule has 0 aromatic rings. The van der Waals surface area contributed by atoms with E-state index in [9.17, 15) is 4.21 Å². The van der Waals surface area contributed by atoms with Crippen molar-refractivity contribution in [3.05, 3.63) is 0 Å². The largest absolute Gasteiger partial charge is 0.378 e. The van der Waals surface area contributed by atoms with E-state index < -0.39 is 10.8 Å². The molecule has 2 atom stereocenters. The average molecular weight is 429 g/mol. The van der Waals surface area contributed by atoms with Crippen molar-refractivity contribution in [2.75, 3.05) is 18.1 Å². The first-order valence-corrected chi connectivity index (χ1v) is 14.8. The Hall–Kier alpha value is 0.110. The van der Waals surface area contributed by atoms with Crippen LogP contribution in [0.5, 0.6) is 0 Å². The summed E-state index contributed by atoms with van der Waals surface area (Å²) >= 11 is 0. The highest BCUT2D eigenvalue weighted by Crippen LogP contribution is 2.18. The normalized spacial score (nSPS) is 25.8. The van der Waals surface area contributed by atoms with E-state index in [1.54, 1.807) is 0 Å². The highest BCUT2D eigenvalue weighted by Gasteiger charge is 2.09. The number of rotatable bonds is 6. The summed E-state index contributed by atoms with van der Waals surface area (Å²) in [5, 5.41) is 0. The zero-order chi connectivity index (χ0) is 20.8. The summed E-state index contributed by atoms with van der Waals surface area (Å²) in [6.45, 7) is 3.25. The van der Waals surface area contributed by atoms with Gasteiger partial charge in [0.1, 0.15) is 0 Å². The fourth-order valence-corrected chi connectivity index (χ4v) is 5.66. The quantitative estimate of drug-likeness (QED) is 0.397. The summed E-state index contributed by atoms with van der Waals surface area (Å²) in [4.78, 5) is 0. The predicted molar refractivity (Wildman–Crippen MR) is 130 cm³/mol. The molecule has 2 unspecified atom stereocenters. The topological polar surface area (TPSA) is 26.3 Å². The lowest BCUT2D eigenvalue weighted by Gasteiger charge is -2.18. The smallest absolute Gasteiger partial charge is 0.0575 e. The second-order valence-electron chi connectivity index (χ2n) is 9.28. The maximum Gasteiger partial charge on any atom is 0.0575 e. The second kappa shape index (κ2) is 21.3. The third kappa shape index (κ3) is 18.6. The summed E-state index contributed by atoms with van der Waals surface area (Å²) in [5.41, 5.74) is 0. The molecular formula is C26H52O2S. The molecule has 0 N–H and O–H groups in total. The van der Waals surface area contributed by atoms with Gasteiger partial charge in [-0.3, -0.25) is 4.21 Å². The highest BCUT2D eigenvalue weighted by atomic mass is 32.2. The molecule has 0 aliphatic carbocycles. The summed E-state index contributed by atoms with van der Waals surface area (Å²) in [7, 11) is -0.559. The molecule has 1 aliphatic rings. The molecule has 0 aromatic carbocycles. The SMILES string of the molecule is CCCCCCOC1CCCCCCCCCCCS(=O)CCCCCCCC1. The van der Waals surface area contributed by atoms with Gasteiger partial charge in [0.2, 0.25) is 0 Å². The molecule has 2 nitrogen and oxygen atoms in total. The first-order chi connectivity index (χ1) is 14.3. The Bertz CT molecular complexity index is 359. The Morgan fingerprint density at radius 2 is 1.07 bits per heavy atom. The van der Waals surface area contributed by atoms with Crippen molar-refractivity contribution in [2.45, 2.75) is 148 Å². The van der Waals surface area contributed by atoms with Gasteiger partial charge in [-0.25, -0.2) is 0 Å². The lowest BCUT2D eigenvalue weighted by atomic mass is 10.0. The summed E-state index contributed by atoms with van der Waals surface area (Å²) in [6, 6.07) is 0. The molecule has 1 rings (SSSR count). The van der Waals surface area contributed by atoms with Gasteiger partial charge in [-0.1, -0.05) is 110 Å². The Morgan fingerprint density at radius 3 is 1.55 bits per heavy atom. The first-order valence-electron chi connectivity index (χ1n) is 13.3. The molecule has 0 radical (unpaired) electrons. The fourth-order valence-electron chi connectivity index (χ4n) is 4.41. The zero-order valence-electron chi connectivity index (χ0n) is 19.8. The van der Waals surface area contributed by atoms with Crippen LogP contribution in [0.1, 0.15) is 142 Å². The molecule has 0 spiro atoms. The lowest BCUT2D eigenvalue weighted by molar-refractivity contribution is 0.0357. The second-order valence-corrected chi connectivity index (χ2v) is 11.0. The maximum absolute atomic E-state index is 12.1. The van der Waals surface area contributed by atoms with Crippen LogP contribution in [0.15, 0.2) is 0 Å². The molecule has 1 saturated heterocycles. The van der Waals surface area contributed by atoms with Crippen LogP contribution in [0.25, 0.3) is 0 Å². The molecule has 0 aromatic heterocycles. The van der Waals surface area contributed by atoms with Gasteiger partial charge in [0.25, 0.3) is 0 Å². The van der Waals surface area contributed by atoms with E-state index in [2.05, 4.69) is 6.92 Å². The highest BCUT2D eigenvalue weighted by molar-refractivity contribution is 7.84. The van der Waals surface area contributed by atoms with Crippen LogP contribution in [0, 0.1) is 0 Å². The lowest BCUT2D eigenvalue weighted by Crippen LogP contribution is -2.14. The number of hydrogen-bond donors (Lipinski definition) is 0. The van der Waals surface area contributed by atoms with E-state index in [1.165, 1.54) is 128 Å². The summed E-state index contributed by atoms with van der Waals surface area (Å²) in [5.74, 6) is 1.88. The van der Waals surface area contributed by atoms with Gasteiger partial charge in [0.15, 0.2) is 0 Å². The number of unbranched alkanes of at least 4 members (excludes halogenated alkanes) is 3. The van der Waals surface area contributed by atoms with Gasteiger partial charge >= 0.3 is 0 Å². The van der Waals surface area contributed by atoms with E-state index in [0.717, 1.165) is 24.5 Å². The van der Waals surface area contributed by atoms with Crippen LogP contribution in [0.2, 0.25) is 0 Å². The Balaban J connectivity index is 2.27. The van der Waals surface area contributed by atoms with E-state index in [1.807, 2.05) is 0 Å². The number of hydrogen-bond acceptors (Lipinski definition) is 2. The zero-order valence-corrected chi connectivity index (χ0v) is 20.6. The Morgan fingerprint density at radius 1 is 0.621 bits per heavy atom. The van der Waals surface area contributed by atoms with Gasteiger partial charge in [-0.2, -0.15) is 0 Å². The average Bonchev–Trinajstić information content (AvgIpc) is 2.72. The minimum atomic E-state index is -0.559. The van der Waals surface area contributed by atoms with Crippen molar-refractivity contribution in [2.24, 2.45) is 0 Å². The monoisotopic (exact) mass is 428 g/mol. The third-order valence-electron chi connectivity index (χ3n) is 6.40. The van der Waals surface area contributed by atoms with Gasteiger partial charge < -0.3 is 4.74 Å². The van der Waals surface area contributed by atoms with E-state index in [-0.39, 0.29) is 0 Å². The maximum atomic E-state index is 12.1. The molecule has 1 fully saturated rings. The van der Waals surface area contributed by atoms with E-state index in [0.29, 0.717) is 6.10 Å². The Kier molecular flexibility index (Phi) is 20.0. The van der Waals surface area contributed by atoms with Crippen molar-refractivity contribution in [1.82, 2.24) is 0 Å². The fraction of sp³-hybridized carbons (Fsp3) is 1.00. The van der Waals surface area contributed by atoms with Crippen LogP contribution >= 0.6 is 0 Å². The molecule has 174 valence electrons. The van der Waals surface area contributed by atoms with Crippen LogP contribution in [0.4, 0.5) is 0 Å². The predicted octanol–water partition coefficient (Wildman–Crippen LogP) is 8.35. The van der Waals surface area contributed by atoms with Gasteiger partial charge in [0, 0.05) is 28.9 Å². The van der Waals surface area contributed by atoms with Crippen molar-refractivity contribution in [1.29, 1.82) is 0 Å². The minimum absolute atomic E-state index is 0.508. The molecular weight excluding hydrogens is 376 g/mol. The number of ether oxygens (including phenoxy) is 1. The molecule has 0 bridgehead atoms. The molecule has 0 saturated carbocycles. The van der Waals surface area contributed by atoms with Crippen LogP contribution in [-0.2, 0) is 15.5 Å². The first kappa shape index (κ1) is 27.1. The molecule has 0 amide bonds. The Labute approximate surface area is 185 Å². The van der Waals surface area contributed by atoms with Crippen molar-refractivity contribution >= 4 is 10.8 Å². The molecule has 3 heteroatoms. The van der Waals surface area contributed by atoms with Gasteiger partial charge in [-0.05, 0) is 32.1 Å². The van der Waals surface area contributed by atoms with E-state index >= 15 is 0 Å².